The predicted molar refractivity (Wildman–Crippen MR) is 107 cm³/mol. The van der Waals surface area contributed by atoms with Crippen molar-refractivity contribution >= 4 is 29.0 Å². The Labute approximate surface area is 166 Å². The number of pyridine rings is 1. The zero-order valence-corrected chi connectivity index (χ0v) is 15.7. The molecule has 3 aromatic rings. The van der Waals surface area contributed by atoms with E-state index < -0.39 is 5.97 Å². The number of nitrogens with one attached hydrogen (secondary N) is 2. The maximum Gasteiger partial charge on any atom is 0.305 e. The highest BCUT2D eigenvalue weighted by Gasteiger charge is 2.13. The first-order valence-electron chi connectivity index (χ1n) is 8.62. The molecule has 0 atom stereocenters. The number of carbonyl (C=O) groups is 2. The van der Waals surface area contributed by atoms with Crippen molar-refractivity contribution in [1.29, 1.82) is 0 Å². The number of amides is 1. The van der Waals surface area contributed by atoms with E-state index >= 15 is 0 Å². The number of hydrogen-bond donors (Lipinski definition) is 3. The highest BCUT2D eigenvalue weighted by atomic mass is 32.1. The third kappa shape index (κ3) is 5.55. The van der Waals surface area contributed by atoms with Crippen molar-refractivity contribution < 1.29 is 19.4 Å². The number of anilines is 1. The summed E-state index contributed by atoms with van der Waals surface area (Å²) in [4.78, 5) is 28.2. The van der Waals surface area contributed by atoms with Crippen LogP contribution in [0.3, 0.4) is 0 Å². The van der Waals surface area contributed by atoms with Crippen LogP contribution < -0.4 is 15.4 Å². The summed E-state index contributed by atoms with van der Waals surface area (Å²) in [5, 5.41) is 15.2. The summed E-state index contributed by atoms with van der Waals surface area (Å²) in [6.07, 6.45) is 1.49. The monoisotopic (exact) mass is 397 g/mol. The van der Waals surface area contributed by atoms with Crippen LogP contribution in [-0.4, -0.2) is 28.5 Å². The van der Waals surface area contributed by atoms with Gasteiger partial charge in [-0.1, -0.05) is 18.2 Å². The minimum atomic E-state index is -0.916. The molecule has 0 aliphatic rings. The van der Waals surface area contributed by atoms with Crippen LogP contribution in [0.15, 0.2) is 60.8 Å². The second-order valence-electron chi connectivity index (χ2n) is 5.79. The Morgan fingerprint density at radius 2 is 1.89 bits per heavy atom. The van der Waals surface area contributed by atoms with Gasteiger partial charge in [-0.15, -0.1) is 11.3 Å². The normalized spacial score (nSPS) is 10.3. The van der Waals surface area contributed by atoms with E-state index in [0.29, 0.717) is 17.9 Å². The lowest BCUT2D eigenvalue weighted by Gasteiger charge is -2.10. The van der Waals surface area contributed by atoms with Crippen LogP contribution >= 0.6 is 11.3 Å². The number of para-hydroxylation sites is 1. The Balaban J connectivity index is 1.56. The summed E-state index contributed by atoms with van der Waals surface area (Å²) in [6, 6.07) is 16.6. The number of hydrogen-bond acceptors (Lipinski definition) is 6. The van der Waals surface area contributed by atoms with E-state index in [1.807, 2.05) is 42.5 Å². The zero-order chi connectivity index (χ0) is 19.8. The molecule has 8 heteroatoms. The number of rotatable bonds is 9. The summed E-state index contributed by atoms with van der Waals surface area (Å²) in [6.45, 7) is 0.544. The van der Waals surface area contributed by atoms with E-state index in [4.69, 9.17) is 9.84 Å². The quantitative estimate of drug-likeness (QED) is 0.508. The highest BCUT2D eigenvalue weighted by Crippen LogP contribution is 2.29. The third-order valence-electron chi connectivity index (χ3n) is 3.71. The smallest absolute Gasteiger partial charge is 0.305 e. The van der Waals surface area contributed by atoms with Crippen molar-refractivity contribution in [3.8, 4) is 10.8 Å². The molecule has 0 unspecified atom stereocenters. The molecule has 144 valence electrons. The Morgan fingerprint density at radius 3 is 2.68 bits per heavy atom. The average Bonchev–Trinajstić information content (AvgIpc) is 3.14. The number of benzene rings is 1. The van der Waals surface area contributed by atoms with Crippen LogP contribution in [0.25, 0.3) is 0 Å². The lowest BCUT2D eigenvalue weighted by atomic mass is 10.2. The first-order chi connectivity index (χ1) is 13.6. The van der Waals surface area contributed by atoms with Gasteiger partial charge in [-0.2, -0.15) is 0 Å². The largest absolute Gasteiger partial charge is 0.481 e. The molecule has 0 saturated carbocycles. The fraction of sp³-hybridized carbons (Fsp3) is 0.150. The molecule has 2 aromatic heterocycles. The number of carbonyl (C=O) groups excluding carboxylic acids is 1. The van der Waals surface area contributed by atoms with Gasteiger partial charge >= 0.3 is 5.97 Å². The Morgan fingerprint density at radius 1 is 1.07 bits per heavy atom. The fourth-order valence-corrected chi connectivity index (χ4v) is 3.21. The molecule has 0 spiro atoms. The van der Waals surface area contributed by atoms with E-state index in [2.05, 4.69) is 15.6 Å². The van der Waals surface area contributed by atoms with Gasteiger partial charge in [0.25, 0.3) is 5.91 Å². The number of carboxylic acids is 1. The van der Waals surface area contributed by atoms with Gasteiger partial charge in [0.1, 0.15) is 11.6 Å². The Kier molecular flexibility index (Phi) is 6.59. The summed E-state index contributed by atoms with van der Waals surface area (Å²) < 4.78 is 5.77. The Bertz CT molecular complexity index is 943. The molecule has 1 aromatic carbocycles. The summed E-state index contributed by atoms with van der Waals surface area (Å²) >= 11 is 1.45. The Hall–Kier alpha value is -3.39. The van der Waals surface area contributed by atoms with Crippen LogP contribution in [0.2, 0.25) is 0 Å². The molecule has 0 saturated heterocycles. The third-order valence-corrected chi connectivity index (χ3v) is 4.67. The van der Waals surface area contributed by atoms with Gasteiger partial charge in [0.2, 0.25) is 0 Å². The van der Waals surface area contributed by atoms with Gasteiger partial charge in [0, 0.05) is 17.6 Å². The molecule has 7 nitrogen and oxygen atoms in total. The molecule has 3 N–H and O–H groups in total. The molecular weight excluding hydrogens is 378 g/mol. The molecule has 3 rings (SSSR count). The SMILES string of the molecule is O=C(O)CCNc1ncccc1C(=O)NCc1ccc(Oc2ccccc2)s1. The molecular formula is C20H19N3O4S. The fourth-order valence-electron chi connectivity index (χ4n) is 2.39. The average molecular weight is 397 g/mol. The van der Waals surface area contributed by atoms with E-state index in [-0.39, 0.29) is 18.9 Å². The predicted octanol–water partition coefficient (Wildman–Crippen LogP) is 3.75. The molecule has 0 radical (unpaired) electrons. The number of nitrogens with zero attached hydrogens (tertiary/aromatic N) is 1. The minimum Gasteiger partial charge on any atom is -0.481 e. The van der Waals surface area contributed by atoms with Crippen molar-refractivity contribution in [2.24, 2.45) is 0 Å². The van der Waals surface area contributed by atoms with Crippen LogP contribution in [-0.2, 0) is 11.3 Å². The molecule has 0 aliphatic heterocycles. The number of aromatic nitrogens is 1. The summed E-state index contributed by atoms with van der Waals surface area (Å²) in [7, 11) is 0. The summed E-state index contributed by atoms with van der Waals surface area (Å²) in [5.41, 5.74) is 0.366. The van der Waals surface area contributed by atoms with Crippen molar-refractivity contribution in [2.75, 3.05) is 11.9 Å². The second kappa shape index (κ2) is 9.52. The van der Waals surface area contributed by atoms with E-state index in [9.17, 15) is 9.59 Å². The van der Waals surface area contributed by atoms with Gasteiger partial charge in [0.05, 0.1) is 18.5 Å². The number of thiophene rings is 1. The lowest BCUT2D eigenvalue weighted by molar-refractivity contribution is -0.136. The van der Waals surface area contributed by atoms with Crippen LogP contribution in [0.4, 0.5) is 5.82 Å². The second-order valence-corrected chi connectivity index (χ2v) is 6.92. The van der Waals surface area contributed by atoms with Gasteiger partial charge in [-0.25, -0.2) is 4.98 Å². The van der Waals surface area contributed by atoms with Gasteiger partial charge in [-0.3, -0.25) is 9.59 Å². The zero-order valence-electron chi connectivity index (χ0n) is 14.9. The first-order valence-corrected chi connectivity index (χ1v) is 9.44. The molecule has 0 bridgehead atoms. The van der Waals surface area contributed by atoms with Crippen molar-refractivity contribution in [1.82, 2.24) is 10.3 Å². The maximum atomic E-state index is 12.5. The van der Waals surface area contributed by atoms with Crippen molar-refractivity contribution in [3.05, 3.63) is 71.2 Å². The molecule has 0 aliphatic carbocycles. The van der Waals surface area contributed by atoms with E-state index in [0.717, 1.165) is 15.7 Å². The topological polar surface area (TPSA) is 101 Å². The van der Waals surface area contributed by atoms with Gasteiger partial charge in [0.15, 0.2) is 5.06 Å². The molecule has 1 amide bonds. The lowest BCUT2D eigenvalue weighted by Crippen LogP contribution is -2.24. The molecule has 28 heavy (non-hydrogen) atoms. The van der Waals surface area contributed by atoms with Crippen LogP contribution in [0.5, 0.6) is 10.8 Å². The van der Waals surface area contributed by atoms with Gasteiger partial charge in [-0.05, 0) is 36.4 Å². The highest BCUT2D eigenvalue weighted by molar-refractivity contribution is 7.13. The standard InChI is InChI=1S/C20H19N3O4S/c24-17(25)10-12-22-19-16(7-4-11-21-19)20(26)23-13-15-8-9-18(28-15)27-14-5-2-1-3-6-14/h1-9,11H,10,12-13H2,(H,21,22)(H,23,26)(H,24,25). The number of aliphatic carboxylic acids is 1. The summed E-state index contributed by atoms with van der Waals surface area (Å²) in [5.74, 6) is -0.0848. The minimum absolute atomic E-state index is 0.0585. The van der Waals surface area contributed by atoms with Crippen LogP contribution in [0.1, 0.15) is 21.7 Å². The molecule has 2 heterocycles. The van der Waals surface area contributed by atoms with Crippen molar-refractivity contribution in [2.45, 2.75) is 13.0 Å². The van der Waals surface area contributed by atoms with Crippen LogP contribution in [0, 0.1) is 0 Å². The maximum absolute atomic E-state index is 12.5. The number of ether oxygens (including phenoxy) is 1. The first kappa shape index (κ1) is 19.4. The van der Waals surface area contributed by atoms with Gasteiger partial charge < -0.3 is 20.5 Å². The van der Waals surface area contributed by atoms with E-state index in [1.54, 1.807) is 18.3 Å². The van der Waals surface area contributed by atoms with Crippen molar-refractivity contribution in [3.63, 3.8) is 0 Å². The number of carboxylic acid groups (broad SMARTS) is 1. The molecule has 0 fully saturated rings. The van der Waals surface area contributed by atoms with E-state index in [1.165, 1.54) is 11.3 Å².